The van der Waals surface area contributed by atoms with Crippen LogP contribution in [-0.2, 0) is 6.42 Å². The predicted molar refractivity (Wildman–Crippen MR) is 46.7 cm³/mol. The third-order valence-corrected chi connectivity index (χ3v) is 2.61. The van der Waals surface area contributed by atoms with Gasteiger partial charge in [0.25, 0.3) is 0 Å². The molecule has 12 heavy (non-hydrogen) atoms. The monoisotopic (exact) mass is 185 g/mol. The van der Waals surface area contributed by atoms with Crippen molar-refractivity contribution in [2.24, 2.45) is 5.14 Å². The Morgan fingerprint density at radius 3 is 3.17 bits per heavy atom. The minimum Gasteiger partial charge on any atom is -0.453 e. The van der Waals surface area contributed by atoms with E-state index < -0.39 is 0 Å². The van der Waals surface area contributed by atoms with E-state index in [9.17, 15) is 5.11 Å². The lowest BCUT2D eigenvalue weighted by molar-refractivity contribution is 0.152. The molecule has 0 amide bonds. The molecule has 1 aliphatic rings. The van der Waals surface area contributed by atoms with E-state index in [-0.39, 0.29) is 6.10 Å². The highest BCUT2D eigenvalue weighted by atomic mass is 32.2. The SMILES string of the molecule is NSc1cc2c(o1)CCCC2O. The fourth-order valence-electron chi connectivity index (χ4n) is 1.56. The number of rotatable bonds is 1. The molecule has 4 heteroatoms. The number of aryl methyl sites for hydroxylation is 1. The molecule has 2 rings (SSSR count). The van der Waals surface area contributed by atoms with E-state index in [1.54, 1.807) is 0 Å². The molecule has 0 bridgehead atoms. The Labute approximate surface area is 75.1 Å². The molecule has 0 radical (unpaired) electrons. The van der Waals surface area contributed by atoms with E-state index in [0.717, 1.165) is 42.5 Å². The minimum absolute atomic E-state index is 0.349. The van der Waals surface area contributed by atoms with Gasteiger partial charge in [0.05, 0.1) is 6.10 Å². The Morgan fingerprint density at radius 1 is 1.67 bits per heavy atom. The van der Waals surface area contributed by atoms with Crippen LogP contribution in [0.1, 0.15) is 30.3 Å². The zero-order valence-corrected chi connectivity index (χ0v) is 7.43. The first-order chi connectivity index (χ1) is 5.81. The number of hydrogen-bond acceptors (Lipinski definition) is 4. The van der Waals surface area contributed by atoms with Gasteiger partial charge < -0.3 is 9.52 Å². The lowest BCUT2D eigenvalue weighted by atomic mass is 9.96. The summed E-state index contributed by atoms with van der Waals surface area (Å²) in [5, 5.41) is 15.6. The largest absolute Gasteiger partial charge is 0.453 e. The number of hydrogen-bond donors (Lipinski definition) is 2. The normalized spacial score (nSPS) is 22.3. The van der Waals surface area contributed by atoms with Crippen molar-refractivity contribution in [2.45, 2.75) is 30.5 Å². The standard InChI is InChI=1S/C8H11NO2S/c9-12-8-4-5-6(10)2-1-3-7(5)11-8/h4,6,10H,1-3,9H2. The topological polar surface area (TPSA) is 59.4 Å². The van der Waals surface area contributed by atoms with Gasteiger partial charge in [0, 0.05) is 12.0 Å². The van der Waals surface area contributed by atoms with Gasteiger partial charge in [-0.1, -0.05) is 0 Å². The van der Waals surface area contributed by atoms with Crippen LogP contribution < -0.4 is 5.14 Å². The fourth-order valence-corrected chi connectivity index (χ4v) is 1.91. The van der Waals surface area contributed by atoms with E-state index in [2.05, 4.69) is 0 Å². The lowest BCUT2D eigenvalue weighted by Crippen LogP contribution is -2.05. The highest BCUT2D eigenvalue weighted by Crippen LogP contribution is 2.33. The van der Waals surface area contributed by atoms with Crippen molar-refractivity contribution < 1.29 is 9.52 Å². The zero-order chi connectivity index (χ0) is 8.55. The molecule has 0 saturated heterocycles. The summed E-state index contributed by atoms with van der Waals surface area (Å²) in [5.41, 5.74) is 0.925. The van der Waals surface area contributed by atoms with E-state index in [4.69, 9.17) is 9.56 Å². The van der Waals surface area contributed by atoms with Crippen molar-refractivity contribution in [3.63, 3.8) is 0 Å². The molecule has 0 saturated carbocycles. The Morgan fingerprint density at radius 2 is 2.50 bits per heavy atom. The van der Waals surface area contributed by atoms with Crippen LogP contribution in [0.4, 0.5) is 0 Å². The Hall–Kier alpha value is -0.450. The van der Waals surface area contributed by atoms with E-state index >= 15 is 0 Å². The molecule has 66 valence electrons. The van der Waals surface area contributed by atoms with E-state index in [1.165, 1.54) is 0 Å². The predicted octanol–water partition coefficient (Wildman–Crippen LogP) is 1.62. The first-order valence-corrected chi connectivity index (χ1v) is 4.86. The van der Waals surface area contributed by atoms with Crippen molar-refractivity contribution in [3.05, 3.63) is 17.4 Å². The number of aliphatic hydroxyl groups excluding tert-OH is 1. The van der Waals surface area contributed by atoms with Crippen molar-refractivity contribution in [1.29, 1.82) is 0 Å². The van der Waals surface area contributed by atoms with Gasteiger partial charge in [-0.2, -0.15) is 0 Å². The number of nitrogens with two attached hydrogens (primary N) is 1. The summed E-state index contributed by atoms with van der Waals surface area (Å²) in [5.74, 6) is 0.904. The van der Waals surface area contributed by atoms with Gasteiger partial charge in [-0.25, -0.2) is 0 Å². The molecule has 0 fully saturated rings. The molecule has 3 N–H and O–H groups in total. The molecule has 3 nitrogen and oxygen atoms in total. The second kappa shape index (κ2) is 3.12. The average Bonchev–Trinajstić information content (AvgIpc) is 2.49. The maximum Gasteiger partial charge on any atom is 0.175 e. The quantitative estimate of drug-likeness (QED) is 0.653. The summed E-state index contributed by atoms with van der Waals surface area (Å²) in [6, 6.07) is 1.84. The molecule has 1 unspecified atom stereocenters. The highest BCUT2D eigenvalue weighted by Gasteiger charge is 2.22. The van der Waals surface area contributed by atoms with Crippen LogP contribution in [0.2, 0.25) is 0 Å². The summed E-state index contributed by atoms with van der Waals surface area (Å²) in [7, 11) is 0. The first kappa shape index (κ1) is 8.16. The molecule has 1 heterocycles. The minimum atomic E-state index is -0.349. The van der Waals surface area contributed by atoms with Gasteiger partial charge in [-0.05, 0) is 30.9 Å². The number of furan rings is 1. The van der Waals surface area contributed by atoms with Crippen LogP contribution in [0.15, 0.2) is 15.6 Å². The van der Waals surface area contributed by atoms with E-state index in [0.29, 0.717) is 5.09 Å². The molecular weight excluding hydrogens is 174 g/mol. The van der Waals surface area contributed by atoms with Crippen molar-refractivity contribution >= 4 is 11.9 Å². The molecule has 1 atom stereocenters. The molecule has 1 aromatic rings. The number of fused-ring (bicyclic) bond motifs is 1. The summed E-state index contributed by atoms with van der Waals surface area (Å²) in [6.45, 7) is 0. The smallest absolute Gasteiger partial charge is 0.175 e. The molecule has 0 aliphatic heterocycles. The Kier molecular flexibility index (Phi) is 2.12. The molecule has 1 aromatic heterocycles. The maximum absolute atomic E-state index is 9.56. The summed E-state index contributed by atoms with van der Waals surface area (Å²) < 4.78 is 5.40. The Bertz CT molecular complexity index is 285. The van der Waals surface area contributed by atoms with Gasteiger partial charge in [-0.15, -0.1) is 0 Å². The second-order valence-electron chi connectivity index (χ2n) is 2.97. The van der Waals surface area contributed by atoms with Gasteiger partial charge in [0.2, 0.25) is 0 Å². The second-order valence-corrected chi connectivity index (χ2v) is 3.61. The van der Waals surface area contributed by atoms with Crippen LogP contribution in [0.5, 0.6) is 0 Å². The summed E-state index contributed by atoms with van der Waals surface area (Å²) in [4.78, 5) is 0. The van der Waals surface area contributed by atoms with Crippen LogP contribution in [0, 0.1) is 0 Å². The van der Waals surface area contributed by atoms with Crippen molar-refractivity contribution in [1.82, 2.24) is 0 Å². The summed E-state index contributed by atoms with van der Waals surface area (Å²) in [6.07, 6.45) is 2.41. The Balaban J connectivity index is 2.37. The molecular formula is C8H11NO2S. The third-order valence-electron chi connectivity index (χ3n) is 2.18. The molecule has 1 aliphatic carbocycles. The average molecular weight is 185 g/mol. The van der Waals surface area contributed by atoms with Crippen LogP contribution in [0.25, 0.3) is 0 Å². The summed E-state index contributed by atoms with van der Waals surface area (Å²) >= 11 is 1.09. The van der Waals surface area contributed by atoms with Gasteiger partial charge >= 0.3 is 0 Å². The zero-order valence-electron chi connectivity index (χ0n) is 6.62. The highest BCUT2D eigenvalue weighted by molar-refractivity contribution is 7.96. The number of aliphatic hydroxyl groups is 1. The van der Waals surface area contributed by atoms with Gasteiger partial charge in [0.1, 0.15) is 5.76 Å². The maximum atomic E-state index is 9.56. The molecule has 0 aromatic carbocycles. The van der Waals surface area contributed by atoms with E-state index in [1.807, 2.05) is 6.07 Å². The van der Waals surface area contributed by atoms with Crippen LogP contribution >= 0.6 is 11.9 Å². The lowest BCUT2D eigenvalue weighted by Gasteiger charge is -2.14. The first-order valence-electron chi connectivity index (χ1n) is 3.98. The van der Waals surface area contributed by atoms with Gasteiger partial charge in [0.15, 0.2) is 5.09 Å². The molecule has 0 spiro atoms. The van der Waals surface area contributed by atoms with Crippen molar-refractivity contribution in [2.75, 3.05) is 0 Å². The van der Waals surface area contributed by atoms with Gasteiger partial charge in [-0.3, -0.25) is 5.14 Å². The van der Waals surface area contributed by atoms with Crippen LogP contribution in [0.3, 0.4) is 0 Å². The third kappa shape index (κ3) is 1.26. The van der Waals surface area contributed by atoms with Crippen molar-refractivity contribution in [3.8, 4) is 0 Å². The fraction of sp³-hybridized carbons (Fsp3) is 0.500. The van der Waals surface area contributed by atoms with Crippen LogP contribution in [-0.4, -0.2) is 5.11 Å².